The molecule has 0 saturated heterocycles. The summed E-state index contributed by atoms with van der Waals surface area (Å²) in [5, 5.41) is 9.89. The van der Waals surface area contributed by atoms with E-state index < -0.39 is 5.97 Å². The number of carboxylic acids is 1. The number of nitrogens with zero attached hydrogens (tertiary/aromatic N) is 2. The molecule has 0 radical (unpaired) electrons. The second-order valence-corrected chi connectivity index (χ2v) is 6.16. The van der Waals surface area contributed by atoms with E-state index in [9.17, 15) is 4.79 Å². The molecule has 0 spiro atoms. The van der Waals surface area contributed by atoms with Crippen molar-refractivity contribution in [3.05, 3.63) is 39.9 Å². The first kappa shape index (κ1) is 13.9. The third kappa shape index (κ3) is 2.47. The number of carbonyl (C=O) groups is 1. The van der Waals surface area contributed by atoms with Gasteiger partial charge in [-0.25, -0.2) is 9.78 Å². The topological polar surface area (TPSA) is 62.7 Å². The van der Waals surface area contributed by atoms with Crippen LogP contribution in [0.25, 0.3) is 0 Å². The van der Waals surface area contributed by atoms with Gasteiger partial charge in [0, 0.05) is 23.5 Å². The summed E-state index contributed by atoms with van der Waals surface area (Å²) in [6.45, 7) is 3.35. The minimum Gasteiger partial charge on any atom is -0.496 e. The summed E-state index contributed by atoms with van der Waals surface area (Å²) in [6.07, 6.45) is 0.875. The smallest absolute Gasteiger partial charge is 0.355 e. The molecule has 0 aliphatic carbocycles. The van der Waals surface area contributed by atoms with Gasteiger partial charge in [0.1, 0.15) is 5.75 Å². The van der Waals surface area contributed by atoms with Crippen LogP contribution in [0.2, 0.25) is 0 Å². The van der Waals surface area contributed by atoms with Gasteiger partial charge in [-0.2, -0.15) is 0 Å². The fourth-order valence-corrected chi connectivity index (χ4v) is 3.57. The molecule has 1 aliphatic rings. The first-order valence-corrected chi connectivity index (χ1v) is 7.52. The van der Waals surface area contributed by atoms with Crippen LogP contribution in [-0.4, -0.2) is 29.7 Å². The lowest BCUT2D eigenvalue weighted by Gasteiger charge is -2.29. The molecule has 1 N–H and O–H groups in total. The molecule has 2 aromatic rings. The number of aromatic carboxylic acids is 1. The fourth-order valence-electron chi connectivity index (χ4n) is 2.65. The highest BCUT2D eigenvalue weighted by atomic mass is 32.1. The fraction of sp³-hybridized carbons (Fsp3) is 0.333. The zero-order chi connectivity index (χ0) is 15.0. The van der Waals surface area contributed by atoms with Crippen LogP contribution < -0.4 is 9.64 Å². The Labute approximate surface area is 126 Å². The number of thiazole rings is 1. The Morgan fingerprint density at radius 1 is 1.48 bits per heavy atom. The van der Waals surface area contributed by atoms with Crippen molar-refractivity contribution in [2.24, 2.45) is 0 Å². The Hall–Kier alpha value is -2.08. The van der Waals surface area contributed by atoms with Crippen molar-refractivity contribution in [1.82, 2.24) is 4.98 Å². The van der Waals surface area contributed by atoms with Crippen LogP contribution in [0.5, 0.6) is 5.75 Å². The van der Waals surface area contributed by atoms with Gasteiger partial charge in [-0.05, 0) is 25.0 Å². The Morgan fingerprint density at radius 2 is 2.29 bits per heavy atom. The molecule has 0 amide bonds. The lowest BCUT2D eigenvalue weighted by Crippen LogP contribution is -2.30. The number of hydrogen-bond donors (Lipinski definition) is 1. The van der Waals surface area contributed by atoms with Crippen LogP contribution in [0.1, 0.15) is 26.5 Å². The number of benzene rings is 1. The number of carboxylic acid groups (broad SMARTS) is 1. The molecule has 6 heteroatoms. The van der Waals surface area contributed by atoms with Gasteiger partial charge in [0.2, 0.25) is 0 Å². The summed E-state index contributed by atoms with van der Waals surface area (Å²) >= 11 is 1.44. The lowest BCUT2D eigenvalue weighted by molar-refractivity contribution is 0.0690. The molecule has 1 aromatic heterocycles. The molecule has 5 nitrogen and oxygen atoms in total. The highest BCUT2D eigenvalue weighted by Gasteiger charge is 2.23. The van der Waals surface area contributed by atoms with Gasteiger partial charge in [-0.3, -0.25) is 0 Å². The summed E-state index contributed by atoms with van der Waals surface area (Å²) in [7, 11) is 1.69. The minimum absolute atomic E-state index is 0.159. The summed E-state index contributed by atoms with van der Waals surface area (Å²) in [5.74, 6) is -0.0391. The van der Waals surface area contributed by atoms with Crippen molar-refractivity contribution in [1.29, 1.82) is 0 Å². The number of aryl methyl sites for hydroxylation is 1. The molecule has 1 aromatic carbocycles. The lowest BCUT2D eigenvalue weighted by atomic mass is 9.99. The molecule has 0 unspecified atom stereocenters. The first-order chi connectivity index (χ1) is 10.1. The number of rotatable bonds is 3. The number of aromatic nitrogens is 1. The molecule has 1 aliphatic heterocycles. The van der Waals surface area contributed by atoms with Gasteiger partial charge in [-0.15, -0.1) is 11.3 Å². The summed E-state index contributed by atoms with van der Waals surface area (Å²) in [5.41, 5.74) is 2.61. The van der Waals surface area contributed by atoms with E-state index in [-0.39, 0.29) is 5.69 Å². The van der Waals surface area contributed by atoms with E-state index in [1.165, 1.54) is 22.5 Å². The van der Waals surface area contributed by atoms with Crippen LogP contribution in [0.4, 0.5) is 5.13 Å². The van der Waals surface area contributed by atoms with Crippen molar-refractivity contribution in [2.45, 2.75) is 19.9 Å². The molecule has 0 bridgehead atoms. The molecule has 0 fully saturated rings. The van der Waals surface area contributed by atoms with Gasteiger partial charge >= 0.3 is 5.97 Å². The second kappa shape index (κ2) is 5.37. The minimum atomic E-state index is -0.964. The number of anilines is 1. The highest BCUT2D eigenvalue weighted by Crippen LogP contribution is 2.33. The maximum atomic E-state index is 11.1. The number of methoxy groups -OCH3 is 1. The molecular weight excluding hydrogens is 288 g/mol. The Morgan fingerprint density at radius 3 is 2.95 bits per heavy atom. The van der Waals surface area contributed by atoms with Gasteiger partial charge in [0.25, 0.3) is 0 Å². The van der Waals surface area contributed by atoms with E-state index in [0.29, 0.717) is 0 Å². The monoisotopic (exact) mass is 304 g/mol. The molecule has 110 valence electrons. The van der Waals surface area contributed by atoms with Crippen LogP contribution in [0, 0.1) is 6.92 Å². The number of hydrogen-bond acceptors (Lipinski definition) is 5. The Kier molecular flexibility index (Phi) is 3.55. The van der Waals surface area contributed by atoms with Crippen molar-refractivity contribution < 1.29 is 14.6 Å². The molecule has 2 heterocycles. The summed E-state index contributed by atoms with van der Waals surface area (Å²) < 4.78 is 5.40. The van der Waals surface area contributed by atoms with Crippen LogP contribution >= 0.6 is 11.3 Å². The Balaban J connectivity index is 1.90. The normalized spacial score (nSPS) is 13.9. The quantitative estimate of drug-likeness (QED) is 0.944. The van der Waals surface area contributed by atoms with Crippen LogP contribution in [0.3, 0.4) is 0 Å². The van der Waals surface area contributed by atoms with Gasteiger partial charge in [0.15, 0.2) is 10.8 Å². The average molecular weight is 304 g/mol. The van der Waals surface area contributed by atoms with E-state index >= 15 is 0 Å². The van der Waals surface area contributed by atoms with E-state index in [1.54, 1.807) is 14.0 Å². The molecule has 0 saturated carbocycles. The van der Waals surface area contributed by atoms with Crippen molar-refractivity contribution in [3.8, 4) is 5.75 Å². The summed E-state index contributed by atoms with van der Waals surface area (Å²) in [6, 6.07) is 6.05. The predicted octanol–water partition coefficient (Wildman–Crippen LogP) is 2.72. The van der Waals surface area contributed by atoms with Crippen LogP contribution in [-0.2, 0) is 13.0 Å². The highest BCUT2D eigenvalue weighted by molar-refractivity contribution is 7.15. The van der Waals surface area contributed by atoms with Gasteiger partial charge in [0.05, 0.1) is 7.11 Å². The predicted molar refractivity (Wildman–Crippen MR) is 81.6 cm³/mol. The van der Waals surface area contributed by atoms with E-state index in [0.717, 1.165) is 35.3 Å². The van der Waals surface area contributed by atoms with Crippen molar-refractivity contribution in [2.75, 3.05) is 18.6 Å². The maximum absolute atomic E-state index is 11.1. The standard InChI is InChI=1S/C15H16N2O3S/c1-9-13(14(18)19)16-15(21-9)17-7-6-11-10(8-17)4-3-5-12(11)20-2/h3-5H,6-8H2,1-2H3,(H,18,19). The largest absolute Gasteiger partial charge is 0.496 e. The van der Waals surface area contributed by atoms with Gasteiger partial charge in [-0.1, -0.05) is 12.1 Å². The van der Waals surface area contributed by atoms with Crippen molar-refractivity contribution in [3.63, 3.8) is 0 Å². The maximum Gasteiger partial charge on any atom is 0.355 e. The third-order valence-corrected chi connectivity index (χ3v) is 4.73. The Bertz CT molecular complexity index is 696. The molecule has 0 atom stereocenters. The van der Waals surface area contributed by atoms with Gasteiger partial charge < -0.3 is 14.7 Å². The van der Waals surface area contributed by atoms with E-state index in [4.69, 9.17) is 9.84 Å². The first-order valence-electron chi connectivity index (χ1n) is 6.70. The SMILES string of the molecule is COc1cccc2c1CCN(c1nc(C(=O)O)c(C)s1)C2. The van der Waals surface area contributed by atoms with Crippen LogP contribution in [0.15, 0.2) is 18.2 Å². The number of fused-ring (bicyclic) bond motifs is 1. The third-order valence-electron chi connectivity index (χ3n) is 3.70. The molecular formula is C15H16N2O3S. The van der Waals surface area contributed by atoms with Crippen molar-refractivity contribution >= 4 is 22.4 Å². The molecule has 21 heavy (non-hydrogen) atoms. The number of ether oxygens (including phenoxy) is 1. The van der Waals surface area contributed by atoms with E-state index in [1.807, 2.05) is 12.1 Å². The average Bonchev–Trinajstić information content (AvgIpc) is 2.88. The second-order valence-electron chi connectivity index (χ2n) is 4.98. The summed E-state index contributed by atoms with van der Waals surface area (Å²) in [4.78, 5) is 18.2. The van der Waals surface area contributed by atoms with E-state index in [2.05, 4.69) is 16.0 Å². The molecule has 3 rings (SSSR count). The zero-order valence-corrected chi connectivity index (χ0v) is 12.7. The zero-order valence-electron chi connectivity index (χ0n) is 11.9.